The molecule has 1 fully saturated rings. The van der Waals surface area contributed by atoms with Crippen LogP contribution in [0, 0.1) is 11.3 Å². The van der Waals surface area contributed by atoms with Gasteiger partial charge in [-0.05, 0) is 78.7 Å². The molecule has 42 heavy (non-hydrogen) atoms. The number of rotatable bonds is 8. The third-order valence-electron chi connectivity index (χ3n) is 8.22. The Kier molecular flexibility index (Phi) is 8.04. The van der Waals surface area contributed by atoms with E-state index in [4.69, 9.17) is 0 Å². The van der Waals surface area contributed by atoms with Crippen molar-refractivity contribution in [1.29, 1.82) is 5.26 Å². The Morgan fingerprint density at radius 2 is 1.67 bits per heavy atom. The van der Waals surface area contributed by atoms with Gasteiger partial charge in [0.15, 0.2) is 5.82 Å². The standard InChI is InChI=1S/C30H35N9O3/c1-37(2)27(41)19-7-9-24-21(14-19)16-22-15-20(28(42)38(3)4)8-10-25(22)30(24,29-33-35-36-34-29)11-12-32-18-26(40)39-13-5-6-23(39)17-31/h7-10,14-15,23,32H,5-6,11-13,16,18H2,1-4H3,(H,33,34,35,36)/t23-/m0/s1. The Bertz CT molecular complexity index is 1470. The van der Waals surface area contributed by atoms with E-state index in [2.05, 4.69) is 32.0 Å². The number of aromatic amines is 1. The molecule has 0 spiro atoms. The predicted octanol–water partition coefficient (Wildman–Crippen LogP) is 1.34. The summed E-state index contributed by atoms with van der Waals surface area (Å²) in [6, 6.07) is 13.2. The minimum absolute atomic E-state index is 0.101. The Hall–Kier alpha value is -4.63. The summed E-state index contributed by atoms with van der Waals surface area (Å²) in [4.78, 5) is 43.4. The zero-order valence-electron chi connectivity index (χ0n) is 24.3. The SMILES string of the molecule is CN(C)C(=O)c1ccc2c(c1)Cc1cc(C(=O)N(C)C)ccc1C2(CCNCC(=O)N1CCC[C@H]1C#N)c1nn[nH]n1. The van der Waals surface area contributed by atoms with Gasteiger partial charge in [-0.25, -0.2) is 0 Å². The second-order valence-electron chi connectivity index (χ2n) is 11.3. The Morgan fingerprint density at radius 1 is 1.05 bits per heavy atom. The van der Waals surface area contributed by atoms with Gasteiger partial charge < -0.3 is 20.0 Å². The molecule has 1 aliphatic heterocycles. The highest BCUT2D eigenvalue weighted by molar-refractivity contribution is 5.95. The number of hydrogen-bond acceptors (Lipinski definition) is 8. The number of carbonyl (C=O) groups excluding carboxylic acids is 3. The van der Waals surface area contributed by atoms with E-state index in [1.807, 2.05) is 36.4 Å². The molecule has 1 aromatic heterocycles. The molecule has 0 radical (unpaired) electrons. The van der Waals surface area contributed by atoms with Crippen LogP contribution in [0.1, 0.15) is 68.1 Å². The van der Waals surface area contributed by atoms with Crippen molar-refractivity contribution in [1.82, 2.24) is 40.6 Å². The van der Waals surface area contributed by atoms with Crippen molar-refractivity contribution in [2.45, 2.75) is 37.1 Å². The third kappa shape index (κ3) is 5.12. The topological polar surface area (TPSA) is 151 Å². The molecular weight excluding hydrogens is 534 g/mol. The van der Waals surface area contributed by atoms with Crippen LogP contribution in [0.4, 0.5) is 0 Å². The molecule has 0 bridgehead atoms. The van der Waals surface area contributed by atoms with Crippen molar-refractivity contribution >= 4 is 17.7 Å². The van der Waals surface area contributed by atoms with Gasteiger partial charge >= 0.3 is 0 Å². The minimum Gasteiger partial charge on any atom is -0.345 e. The summed E-state index contributed by atoms with van der Waals surface area (Å²) in [6.07, 6.45) is 2.52. The van der Waals surface area contributed by atoms with Gasteiger partial charge in [0, 0.05) is 45.9 Å². The first-order valence-electron chi connectivity index (χ1n) is 14.0. The fourth-order valence-electron chi connectivity index (χ4n) is 6.18. The van der Waals surface area contributed by atoms with Crippen molar-refractivity contribution < 1.29 is 14.4 Å². The summed E-state index contributed by atoms with van der Waals surface area (Å²) in [7, 11) is 6.86. The molecule has 3 aromatic rings. The number of hydrogen-bond donors (Lipinski definition) is 2. The Balaban J connectivity index is 1.55. The van der Waals surface area contributed by atoms with Crippen LogP contribution in [-0.4, -0.2) is 107 Å². The van der Waals surface area contributed by atoms with E-state index in [1.54, 1.807) is 33.1 Å². The average Bonchev–Trinajstić information content (AvgIpc) is 3.70. The van der Waals surface area contributed by atoms with Crippen molar-refractivity contribution in [2.75, 3.05) is 47.8 Å². The lowest BCUT2D eigenvalue weighted by atomic mass is 9.63. The number of aromatic nitrogens is 4. The van der Waals surface area contributed by atoms with Gasteiger partial charge in [0.25, 0.3) is 11.8 Å². The van der Waals surface area contributed by atoms with Crippen molar-refractivity contribution in [2.24, 2.45) is 0 Å². The van der Waals surface area contributed by atoms with Crippen LogP contribution < -0.4 is 5.32 Å². The van der Waals surface area contributed by atoms with Gasteiger partial charge in [-0.2, -0.15) is 10.5 Å². The molecule has 1 atom stereocenters. The highest BCUT2D eigenvalue weighted by Gasteiger charge is 2.45. The van der Waals surface area contributed by atoms with Crippen LogP contribution in [0.15, 0.2) is 36.4 Å². The maximum atomic E-state index is 12.9. The molecule has 0 unspecified atom stereocenters. The van der Waals surface area contributed by atoms with E-state index in [1.165, 1.54) is 9.80 Å². The quantitative estimate of drug-likeness (QED) is 0.386. The number of amides is 3. The molecule has 5 rings (SSSR count). The summed E-state index contributed by atoms with van der Waals surface area (Å²) in [5.74, 6) is 0.141. The maximum Gasteiger partial charge on any atom is 0.253 e. The number of H-pyrrole nitrogens is 1. The lowest BCUT2D eigenvalue weighted by Crippen LogP contribution is -2.43. The van der Waals surface area contributed by atoms with Crippen molar-refractivity contribution in [3.8, 4) is 6.07 Å². The first-order chi connectivity index (χ1) is 20.2. The van der Waals surface area contributed by atoms with E-state index >= 15 is 0 Å². The first kappa shape index (κ1) is 28.9. The molecule has 1 aliphatic carbocycles. The number of nitriles is 1. The molecule has 12 heteroatoms. The fraction of sp³-hybridized carbons (Fsp3) is 0.433. The van der Waals surface area contributed by atoms with Gasteiger partial charge in [-0.15, -0.1) is 10.2 Å². The first-order valence-corrected chi connectivity index (χ1v) is 14.0. The largest absolute Gasteiger partial charge is 0.345 e. The van der Waals surface area contributed by atoms with E-state index < -0.39 is 5.41 Å². The smallest absolute Gasteiger partial charge is 0.253 e. The average molecular weight is 570 g/mol. The van der Waals surface area contributed by atoms with Gasteiger partial charge in [-0.3, -0.25) is 14.4 Å². The second kappa shape index (κ2) is 11.7. The molecule has 3 amide bonds. The number of tetrazole rings is 1. The molecule has 2 N–H and O–H groups in total. The zero-order valence-corrected chi connectivity index (χ0v) is 24.3. The molecule has 2 aliphatic rings. The summed E-state index contributed by atoms with van der Waals surface area (Å²) in [6.45, 7) is 1.13. The van der Waals surface area contributed by atoms with E-state index in [-0.39, 0.29) is 30.3 Å². The van der Waals surface area contributed by atoms with Gasteiger partial charge in [-0.1, -0.05) is 17.3 Å². The predicted molar refractivity (Wildman–Crippen MR) is 154 cm³/mol. The lowest BCUT2D eigenvalue weighted by Gasteiger charge is -2.39. The fourth-order valence-corrected chi connectivity index (χ4v) is 6.18. The van der Waals surface area contributed by atoms with Crippen LogP contribution in [0.2, 0.25) is 0 Å². The summed E-state index contributed by atoms with van der Waals surface area (Å²) >= 11 is 0. The summed E-state index contributed by atoms with van der Waals surface area (Å²) in [5.41, 5.74) is 4.00. The molecule has 218 valence electrons. The molecule has 2 aromatic carbocycles. The Morgan fingerprint density at radius 3 is 2.19 bits per heavy atom. The summed E-state index contributed by atoms with van der Waals surface area (Å²) < 4.78 is 0. The van der Waals surface area contributed by atoms with E-state index in [9.17, 15) is 19.6 Å². The van der Waals surface area contributed by atoms with Crippen LogP contribution in [0.25, 0.3) is 0 Å². The Labute approximate surface area is 244 Å². The number of fused-ring (bicyclic) bond motifs is 2. The maximum absolute atomic E-state index is 12.9. The van der Waals surface area contributed by atoms with Gasteiger partial charge in [0.05, 0.1) is 18.0 Å². The third-order valence-corrected chi connectivity index (χ3v) is 8.22. The molecule has 2 heterocycles. The van der Waals surface area contributed by atoms with Gasteiger partial charge in [0.1, 0.15) is 6.04 Å². The molecular formula is C30H35N9O3. The van der Waals surface area contributed by atoms with Crippen molar-refractivity contribution in [3.05, 3.63) is 75.6 Å². The lowest BCUT2D eigenvalue weighted by molar-refractivity contribution is -0.130. The normalized spacial score (nSPS) is 16.7. The number of carbonyl (C=O) groups is 3. The highest BCUT2D eigenvalue weighted by atomic mass is 16.2. The van der Waals surface area contributed by atoms with E-state index in [0.717, 1.165) is 28.7 Å². The monoisotopic (exact) mass is 569 g/mol. The van der Waals surface area contributed by atoms with Gasteiger partial charge in [0.2, 0.25) is 5.91 Å². The number of likely N-dealkylation sites (tertiary alicyclic amines) is 1. The molecule has 12 nitrogen and oxygen atoms in total. The number of benzene rings is 2. The summed E-state index contributed by atoms with van der Waals surface area (Å²) in [5, 5.41) is 28.0. The zero-order chi connectivity index (χ0) is 30.0. The van der Waals surface area contributed by atoms with Crippen molar-refractivity contribution in [3.63, 3.8) is 0 Å². The minimum atomic E-state index is -0.867. The van der Waals surface area contributed by atoms with E-state index in [0.29, 0.717) is 49.3 Å². The molecule has 1 saturated heterocycles. The second-order valence-corrected chi connectivity index (χ2v) is 11.3. The number of nitrogens with zero attached hydrogens (tertiary/aromatic N) is 7. The molecule has 0 saturated carbocycles. The highest BCUT2D eigenvalue weighted by Crippen LogP contribution is 2.47. The van der Waals surface area contributed by atoms with Crippen LogP contribution in [0.5, 0.6) is 0 Å². The van der Waals surface area contributed by atoms with Crippen LogP contribution >= 0.6 is 0 Å². The van der Waals surface area contributed by atoms with Crippen LogP contribution in [0.3, 0.4) is 0 Å². The van der Waals surface area contributed by atoms with Crippen LogP contribution in [-0.2, 0) is 16.6 Å². The number of nitrogens with one attached hydrogen (secondary N) is 2.